The third-order valence-corrected chi connectivity index (χ3v) is 3.00. The van der Waals surface area contributed by atoms with Crippen molar-refractivity contribution in [3.05, 3.63) is 35.4 Å². The van der Waals surface area contributed by atoms with Crippen LogP contribution in [-0.2, 0) is 6.54 Å². The summed E-state index contributed by atoms with van der Waals surface area (Å²) in [7, 11) is 0. The Bertz CT molecular complexity index is 304. The molecule has 0 aromatic heterocycles. The fraction of sp³-hybridized carbons (Fsp3) is 0.538. The first kappa shape index (κ1) is 9.72. The van der Waals surface area contributed by atoms with Crippen molar-refractivity contribution in [1.29, 1.82) is 0 Å². The van der Waals surface area contributed by atoms with Crippen LogP contribution in [0, 0.1) is 5.92 Å². The maximum absolute atomic E-state index is 3.58. The lowest BCUT2D eigenvalue weighted by Gasteiger charge is -2.13. The van der Waals surface area contributed by atoms with Crippen molar-refractivity contribution < 1.29 is 0 Å². The Morgan fingerprint density at radius 3 is 2.93 bits per heavy atom. The van der Waals surface area contributed by atoms with E-state index in [2.05, 4.69) is 43.4 Å². The molecule has 1 heterocycles. The number of benzene rings is 1. The fourth-order valence-electron chi connectivity index (χ4n) is 2.14. The first-order valence-electron chi connectivity index (χ1n) is 5.58. The van der Waals surface area contributed by atoms with Crippen LogP contribution < -0.4 is 5.32 Å². The first-order valence-corrected chi connectivity index (χ1v) is 5.58. The number of fused-ring (bicyclic) bond motifs is 1. The van der Waals surface area contributed by atoms with Gasteiger partial charge in [-0.05, 0) is 29.9 Å². The Morgan fingerprint density at radius 2 is 2.14 bits per heavy atom. The zero-order valence-electron chi connectivity index (χ0n) is 9.09. The lowest BCUT2D eigenvalue weighted by molar-refractivity contribution is 0.463. The average Bonchev–Trinajstić information content (AvgIpc) is 2.58. The van der Waals surface area contributed by atoms with Crippen molar-refractivity contribution in [2.75, 3.05) is 0 Å². The van der Waals surface area contributed by atoms with E-state index in [1.54, 1.807) is 0 Å². The fourth-order valence-corrected chi connectivity index (χ4v) is 2.14. The van der Waals surface area contributed by atoms with E-state index < -0.39 is 0 Å². The molecule has 76 valence electrons. The van der Waals surface area contributed by atoms with E-state index in [9.17, 15) is 0 Å². The Hall–Kier alpha value is -0.820. The van der Waals surface area contributed by atoms with Crippen LogP contribution in [0.4, 0.5) is 0 Å². The normalized spacial score (nSPS) is 20.1. The molecule has 1 atom stereocenters. The molecule has 0 amide bonds. The van der Waals surface area contributed by atoms with E-state index in [1.807, 2.05) is 0 Å². The molecule has 2 rings (SSSR count). The number of hydrogen-bond acceptors (Lipinski definition) is 1. The van der Waals surface area contributed by atoms with Gasteiger partial charge in [0.15, 0.2) is 0 Å². The molecule has 0 radical (unpaired) electrons. The molecule has 1 unspecified atom stereocenters. The minimum absolute atomic E-state index is 0.605. The molecular formula is C13H19N. The standard InChI is InChI=1S/C13H19N/c1-10(2)7-8-13-12-6-4-3-5-11(12)9-14-13/h3-6,10,13-14H,7-9H2,1-2H3. The molecule has 0 saturated heterocycles. The zero-order valence-corrected chi connectivity index (χ0v) is 9.09. The van der Waals surface area contributed by atoms with E-state index in [-0.39, 0.29) is 0 Å². The second kappa shape index (κ2) is 4.14. The smallest absolute Gasteiger partial charge is 0.0326 e. The molecule has 0 saturated carbocycles. The predicted molar refractivity (Wildman–Crippen MR) is 60.1 cm³/mol. The van der Waals surface area contributed by atoms with Crippen LogP contribution in [-0.4, -0.2) is 0 Å². The van der Waals surface area contributed by atoms with Gasteiger partial charge in [0, 0.05) is 12.6 Å². The van der Waals surface area contributed by atoms with Crippen molar-refractivity contribution >= 4 is 0 Å². The molecule has 1 nitrogen and oxygen atoms in total. The van der Waals surface area contributed by atoms with Gasteiger partial charge in [0.05, 0.1) is 0 Å². The van der Waals surface area contributed by atoms with Crippen molar-refractivity contribution in [2.24, 2.45) is 5.92 Å². The van der Waals surface area contributed by atoms with E-state index in [1.165, 1.54) is 24.0 Å². The van der Waals surface area contributed by atoms with Crippen LogP contribution >= 0.6 is 0 Å². The molecule has 1 aromatic rings. The third-order valence-electron chi connectivity index (χ3n) is 3.00. The summed E-state index contributed by atoms with van der Waals surface area (Å²) in [6.45, 7) is 5.64. The van der Waals surface area contributed by atoms with Crippen LogP contribution in [0.2, 0.25) is 0 Å². The summed E-state index contributed by atoms with van der Waals surface area (Å²) in [6, 6.07) is 9.38. The van der Waals surface area contributed by atoms with Crippen LogP contribution in [0.15, 0.2) is 24.3 Å². The molecule has 0 aliphatic carbocycles. The van der Waals surface area contributed by atoms with E-state index in [0.717, 1.165) is 12.5 Å². The maximum Gasteiger partial charge on any atom is 0.0326 e. The summed E-state index contributed by atoms with van der Waals surface area (Å²) in [4.78, 5) is 0. The number of nitrogens with one attached hydrogen (secondary N) is 1. The molecule has 1 heteroatoms. The summed E-state index contributed by atoms with van der Waals surface area (Å²) in [6.07, 6.45) is 2.58. The second-order valence-electron chi connectivity index (χ2n) is 4.60. The molecule has 1 aliphatic heterocycles. The Kier molecular flexibility index (Phi) is 2.87. The zero-order chi connectivity index (χ0) is 9.97. The quantitative estimate of drug-likeness (QED) is 0.769. The van der Waals surface area contributed by atoms with E-state index >= 15 is 0 Å². The topological polar surface area (TPSA) is 12.0 Å². The molecule has 0 fully saturated rings. The largest absolute Gasteiger partial charge is 0.306 e. The van der Waals surface area contributed by atoms with Crippen molar-refractivity contribution in [1.82, 2.24) is 5.32 Å². The summed E-state index contributed by atoms with van der Waals surface area (Å²) < 4.78 is 0. The van der Waals surface area contributed by atoms with Gasteiger partial charge in [-0.2, -0.15) is 0 Å². The second-order valence-corrected chi connectivity index (χ2v) is 4.60. The molecule has 1 N–H and O–H groups in total. The highest BCUT2D eigenvalue weighted by molar-refractivity contribution is 5.33. The van der Waals surface area contributed by atoms with Crippen LogP contribution in [0.1, 0.15) is 43.9 Å². The maximum atomic E-state index is 3.58. The SMILES string of the molecule is CC(C)CCC1NCc2ccccc21. The highest BCUT2D eigenvalue weighted by Crippen LogP contribution is 2.29. The van der Waals surface area contributed by atoms with Gasteiger partial charge in [-0.1, -0.05) is 38.1 Å². The van der Waals surface area contributed by atoms with Crippen LogP contribution in [0.25, 0.3) is 0 Å². The van der Waals surface area contributed by atoms with Crippen molar-refractivity contribution in [2.45, 2.75) is 39.3 Å². The molecule has 14 heavy (non-hydrogen) atoms. The van der Waals surface area contributed by atoms with Gasteiger partial charge in [-0.15, -0.1) is 0 Å². The van der Waals surface area contributed by atoms with Gasteiger partial charge >= 0.3 is 0 Å². The van der Waals surface area contributed by atoms with E-state index in [4.69, 9.17) is 0 Å². The molecule has 1 aliphatic rings. The first-order chi connectivity index (χ1) is 6.77. The Morgan fingerprint density at radius 1 is 1.36 bits per heavy atom. The molecular weight excluding hydrogens is 170 g/mol. The van der Waals surface area contributed by atoms with Crippen LogP contribution in [0.5, 0.6) is 0 Å². The summed E-state index contributed by atoms with van der Waals surface area (Å²) in [5, 5.41) is 3.58. The number of hydrogen-bond donors (Lipinski definition) is 1. The van der Waals surface area contributed by atoms with Gasteiger partial charge in [0.25, 0.3) is 0 Å². The summed E-state index contributed by atoms with van der Waals surface area (Å²) in [5.74, 6) is 0.810. The minimum Gasteiger partial charge on any atom is -0.306 e. The van der Waals surface area contributed by atoms with Crippen LogP contribution in [0.3, 0.4) is 0 Å². The monoisotopic (exact) mass is 189 g/mol. The Labute approximate surface area is 86.5 Å². The summed E-state index contributed by atoms with van der Waals surface area (Å²) in [5.41, 5.74) is 3.01. The summed E-state index contributed by atoms with van der Waals surface area (Å²) >= 11 is 0. The number of rotatable bonds is 3. The predicted octanol–water partition coefficient (Wildman–Crippen LogP) is 3.27. The molecule has 0 bridgehead atoms. The molecule has 0 spiro atoms. The Balaban J connectivity index is 2.03. The van der Waals surface area contributed by atoms with Gasteiger partial charge in [0.1, 0.15) is 0 Å². The molecule has 1 aromatic carbocycles. The van der Waals surface area contributed by atoms with Gasteiger partial charge in [-0.3, -0.25) is 0 Å². The highest BCUT2D eigenvalue weighted by atomic mass is 14.9. The van der Waals surface area contributed by atoms with Crippen molar-refractivity contribution in [3.8, 4) is 0 Å². The average molecular weight is 189 g/mol. The highest BCUT2D eigenvalue weighted by Gasteiger charge is 2.20. The lowest BCUT2D eigenvalue weighted by atomic mass is 9.98. The van der Waals surface area contributed by atoms with E-state index in [0.29, 0.717) is 6.04 Å². The third kappa shape index (κ3) is 1.98. The van der Waals surface area contributed by atoms with Gasteiger partial charge in [-0.25, -0.2) is 0 Å². The lowest BCUT2D eigenvalue weighted by Crippen LogP contribution is -2.12. The minimum atomic E-state index is 0.605. The van der Waals surface area contributed by atoms with Gasteiger partial charge in [0.2, 0.25) is 0 Å². The van der Waals surface area contributed by atoms with Gasteiger partial charge < -0.3 is 5.32 Å². The van der Waals surface area contributed by atoms with Crippen molar-refractivity contribution in [3.63, 3.8) is 0 Å².